The van der Waals surface area contributed by atoms with E-state index >= 15 is 0 Å². The van der Waals surface area contributed by atoms with Crippen molar-refractivity contribution in [3.8, 4) is 28.1 Å². The van der Waals surface area contributed by atoms with Gasteiger partial charge in [0.1, 0.15) is 11.9 Å². The van der Waals surface area contributed by atoms with Crippen LogP contribution in [0, 0.1) is 6.92 Å². The molecule has 41 heavy (non-hydrogen) atoms. The van der Waals surface area contributed by atoms with E-state index in [9.17, 15) is 16.8 Å². The lowest BCUT2D eigenvalue weighted by molar-refractivity contribution is 0.255. The lowest BCUT2D eigenvalue weighted by Crippen LogP contribution is -2.39. The zero-order chi connectivity index (χ0) is 29.7. The number of pyridine rings is 1. The van der Waals surface area contributed by atoms with Crippen molar-refractivity contribution in [2.75, 3.05) is 18.8 Å². The molecule has 2 aliphatic heterocycles. The average molecular weight is 617 g/mol. The highest BCUT2D eigenvalue weighted by atomic mass is 35.5. The second kappa shape index (κ2) is 11.3. The fraction of sp³-hybridized carbons (Fsp3) is 0.452. The largest absolute Gasteiger partial charge is 0.489 e. The number of aryl methyl sites for hydroxylation is 1. The van der Waals surface area contributed by atoms with Crippen LogP contribution in [0.4, 0.5) is 0 Å². The van der Waals surface area contributed by atoms with Crippen LogP contribution in [-0.2, 0) is 26.3 Å². The number of benzene rings is 2. The van der Waals surface area contributed by atoms with Gasteiger partial charge in [0.25, 0.3) is 0 Å². The van der Waals surface area contributed by atoms with E-state index in [2.05, 4.69) is 18.0 Å². The van der Waals surface area contributed by atoms with Crippen LogP contribution in [0.2, 0.25) is 5.02 Å². The topological polar surface area (TPSA) is 93.6 Å². The molecule has 0 radical (unpaired) electrons. The first-order valence-corrected chi connectivity index (χ1v) is 17.7. The van der Waals surface area contributed by atoms with E-state index in [0.717, 1.165) is 41.7 Å². The second-order valence-corrected chi connectivity index (χ2v) is 16.4. The first-order valence-electron chi connectivity index (χ1n) is 14.1. The Morgan fingerprint density at radius 3 is 2.39 bits per heavy atom. The molecule has 7 nitrogen and oxygen atoms in total. The standard InChI is InChI=1S/C31H37ClN2O5S2/c1-6-40(35,36)34-13-11-22(12-14-34)30-20(4)15-25(31-26(30)16-21(5)39-31)28-17-24(27(32)18-33-28)23-9-7-8-10-29(23)41(37,38)19(2)3/h7-10,15,17-19,21-22H,6,11-14,16H2,1-5H3. The fourth-order valence-corrected chi connectivity index (χ4v) is 8.70. The minimum atomic E-state index is -3.55. The van der Waals surface area contributed by atoms with Crippen molar-refractivity contribution in [3.63, 3.8) is 0 Å². The maximum Gasteiger partial charge on any atom is 0.213 e. The molecule has 10 heteroatoms. The summed E-state index contributed by atoms with van der Waals surface area (Å²) in [6.45, 7) is 10.2. The van der Waals surface area contributed by atoms with Crippen molar-refractivity contribution in [2.24, 2.45) is 0 Å². The molecule has 1 saturated heterocycles. The third-order valence-electron chi connectivity index (χ3n) is 8.30. The van der Waals surface area contributed by atoms with Crippen LogP contribution in [0.3, 0.4) is 0 Å². The average Bonchev–Trinajstić information content (AvgIpc) is 3.33. The van der Waals surface area contributed by atoms with Gasteiger partial charge in [0.15, 0.2) is 9.84 Å². The molecule has 1 aromatic heterocycles. The van der Waals surface area contributed by atoms with E-state index in [1.54, 1.807) is 49.5 Å². The Morgan fingerprint density at radius 1 is 1.05 bits per heavy atom. The summed E-state index contributed by atoms with van der Waals surface area (Å²) >= 11 is 6.64. The minimum Gasteiger partial charge on any atom is -0.489 e. The number of nitrogens with zero attached hydrogens (tertiary/aromatic N) is 2. The Hall–Kier alpha value is -2.46. The second-order valence-electron chi connectivity index (χ2n) is 11.3. The van der Waals surface area contributed by atoms with Crippen LogP contribution in [0.1, 0.15) is 63.1 Å². The summed E-state index contributed by atoms with van der Waals surface area (Å²) in [4.78, 5) is 4.90. The lowest BCUT2D eigenvalue weighted by atomic mass is 9.82. The zero-order valence-electron chi connectivity index (χ0n) is 24.1. The molecule has 2 aromatic carbocycles. The molecular weight excluding hydrogens is 580 g/mol. The summed E-state index contributed by atoms with van der Waals surface area (Å²) in [5.41, 5.74) is 6.18. The normalized spacial score (nSPS) is 18.5. The maximum atomic E-state index is 13.2. The van der Waals surface area contributed by atoms with Gasteiger partial charge >= 0.3 is 0 Å². The van der Waals surface area contributed by atoms with Gasteiger partial charge in [-0.15, -0.1) is 0 Å². The van der Waals surface area contributed by atoms with E-state index in [1.807, 2.05) is 19.1 Å². The summed E-state index contributed by atoms with van der Waals surface area (Å²) < 4.78 is 59.2. The van der Waals surface area contributed by atoms with Crippen LogP contribution in [0.5, 0.6) is 5.75 Å². The molecule has 0 N–H and O–H groups in total. The monoisotopic (exact) mass is 616 g/mol. The number of fused-ring (bicyclic) bond motifs is 1. The van der Waals surface area contributed by atoms with Gasteiger partial charge in [0, 0.05) is 48.0 Å². The Balaban J connectivity index is 1.58. The third-order valence-corrected chi connectivity index (χ3v) is 12.7. The highest BCUT2D eigenvalue weighted by Gasteiger charge is 2.34. The first kappa shape index (κ1) is 30.0. The molecule has 0 spiro atoms. The Kier molecular flexibility index (Phi) is 8.29. The van der Waals surface area contributed by atoms with E-state index < -0.39 is 25.1 Å². The molecule has 3 heterocycles. The van der Waals surface area contributed by atoms with Crippen molar-refractivity contribution >= 4 is 31.5 Å². The van der Waals surface area contributed by atoms with Gasteiger partial charge in [-0.2, -0.15) is 0 Å². The van der Waals surface area contributed by atoms with Crippen LogP contribution >= 0.6 is 11.6 Å². The molecule has 0 bridgehead atoms. The van der Waals surface area contributed by atoms with Crippen LogP contribution in [0.25, 0.3) is 22.4 Å². The number of halogens is 1. The predicted octanol–water partition coefficient (Wildman–Crippen LogP) is 6.41. The minimum absolute atomic E-state index is 0.00598. The van der Waals surface area contributed by atoms with Crippen LogP contribution in [0.15, 0.2) is 47.5 Å². The Morgan fingerprint density at radius 2 is 1.73 bits per heavy atom. The number of sulfone groups is 1. The quantitative estimate of drug-likeness (QED) is 0.304. The van der Waals surface area contributed by atoms with Crippen LogP contribution in [-0.4, -0.2) is 56.3 Å². The summed E-state index contributed by atoms with van der Waals surface area (Å²) in [6.07, 6.45) is 3.87. The molecule has 5 rings (SSSR count). The molecule has 1 unspecified atom stereocenters. The molecule has 0 saturated carbocycles. The van der Waals surface area contributed by atoms with E-state index in [0.29, 0.717) is 34.9 Å². The molecular formula is C31H37ClN2O5S2. The van der Waals surface area contributed by atoms with Crippen LogP contribution < -0.4 is 4.74 Å². The number of aromatic nitrogens is 1. The smallest absolute Gasteiger partial charge is 0.213 e. The number of piperidine rings is 1. The number of sulfonamides is 1. The fourth-order valence-electron chi connectivity index (χ4n) is 6.10. The molecule has 1 fully saturated rings. The Bertz CT molecular complexity index is 1700. The molecule has 3 aromatic rings. The summed E-state index contributed by atoms with van der Waals surface area (Å²) in [5, 5.41) is -0.209. The highest BCUT2D eigenvalue weighted by molar-refractivity contribution is 7.92. The number of hydrogen-bond acceptors (Lipinski definition) is 6. The Labute approximate surface area is 248 Å². The number of ether oxygens (including phenoxy) is 1. The number of hydrogen-bond donors (Lipinski definition) is 0. The van der Waals surface area contributed by atoms with Crippen molar-refractivity contribution in [1.82, 2.24) is 9.29 Å². The summed E-state index contributed by atoms with van der Waals surface area (Å²) in [6, 6.07) is 10.9. The van der Waals surface area contributed by atoms with Crippen molar-refractivity contribution in [1.29, 1.82) is 0 Å². The lowest BCUT2D eigenvalue weighted by Gasteiger charge is -2.33. The van der Waals surface area contributed by atoms with Gasteiger partial charge < -0.3 is 4.74 Å². The van der Waals surface area contributed by atoms with Gasteiger partial charge in [0.2, 0.25) is 10.0 Å². The highest BCUT2D eigenvalue weighted by Crippen LogP contribution is 2.47. The molecule has 0 aliphatic carbocycles. The molecule has 220 valence electrons. The van der Waals surface area contributed by atoms with Crippen molar-refractivity contribution in [2.45, 2.75) is 76.0 Å². The van der Waals surface area contributed by atoms with Gasteiger partial charge in [-0.1, -0.05) is 29.8 Å². The van der Waals surface area contributed by atoms with Gasteiger partial charge in [-0.05, 0) is 82.7 Å². The van der Waals surface area contributed by atoms with Crippen molar-refractivity contribution < 1.29 is 21.6 Å². The SMILES string of the molecule is CCS(=O)(=O)N1CCC(c2c(C)cc(-c3cc(-c4ccccc4S(=O)(=O)C(C)C)c(Cl)cn3)c3c2CC(C)O3)CC1. The molecule has 0 amide bonds. The van der Waals surface area contributed by atoms with E-state index in [-0.39, 0.29) is 22.7 Å². The van der Waals surface area contributed by atoms with Gasteiger partial charge in [0.05, 0.1) is 26.6 Å². The number of rotatable bonds is 7. The third kappa shape index (κ3) is 5.54. The molecule has 1 atom stereocenters. The first-order chi connectivity index (χ1) is 19.3. The summed E-state index contributed by atoms with van der Waals surface area (Å²) in [7, 11) is -6.75. The predicted molar refractivity (Wildman–Crippen MR) is 164 cm³/mol. The maximum absolute atomic E-state index is 13.2. The van der Waals surface area contributed by atoms with Crippen molar-refractivity contribution in [3.05, 3.63) is 64.3 Å². The summed E-state index contributed by atoms with van der Waals surface area (Å²) in [5.74, 6) is 1.17. The van der Waals surface area contributed by atoms with E-state index in [1.165, 1.54) is 5.56 Å². The van der Waals surface area contributed by atoms with E-state index in [4.69, 9.17) is 16.3 Å². The molecule has 2 aliphatic rings. The van der Waals surface area contributed by atoms with Gasteiger partial charge in [-0.3, -0.25) is 4.98 Å². The zero-order valence-corrected chi connectivity index (χ0v) is 26.5. The van der Waals surface area contributed by atoms with Gasteiger partial charge in [-0.25, -0.2) is 21.1 Å².